The summed E-state index contributed by atoms with van der Waals surface area (Å²) in [6.45, 7) is 5.57. The number of hydrogen-bond donors (Lipinski definition) is 2. The maximum atomic E-state index is 12.6. The van der Waals surface area contributed by atoms with Crippen molar-refractivity contribution in [2.24, 2.45) is 0 Å². The van der Waals surface area contributed by atoms with Crippen LogP contribution in [0.25, 0.3) is 0 Å². The number of hydrogen-bond acceptors (Lipinski definition) is 4. The third-order valence-electron chi connectivity index (χ3n) is 3.25. The molecule has 2 N–H and O–H groups in total. The van der Waals surface area contributed by atoms with Gasteiger partial charge in [-0.3, -0.25) is 9.52 Å². The second kappa shape index (κ2) is 7.14. The molecule has 6 nitrogen and oxygen atoms in total. The summed E-state index contributed by atoms with van der Waals surface area (Å²) in [7, 11) is -2.39. The van der Waals surface area contributed by atoms with E-state index in [2.05, 4.69) is 10.0 Å². The average Bonchev–Trinajstić information content (AvgIpc) is 2.53. The summed E-state index contributed by atoms with van der Waals surface area (Å²) < 4.78 is 32.9. The number of nitrogens with one attached hydrogen (secondary N) is 2. The molecule has 0 aliphatic rings. The van der Waals surface area contributed by atoms with Crippen LogP contribution in [0.15, 0.2) is 53.4 Å². The monoisotopic (exact) mass is 362 g/mol. The maximum absolute atomic E-state index is 12.6. The van der Waals surface area contributed by atoms with Gasteiger partial charge in [-0.05, 0) is 51.1 Å². The number of carbonyl (C=O) groups excluding carboxylic acids is 1. The van der Waals surface area contributed by atoms with Crippen molar-refractivity contribution in [2.75, 3.05) is 11.8 Å². The van der Waals surface area contributed by atoms with E-state index in [-0.39, 0.29) is 16.4 Å². The molecule has 0 heterocycles. The normalized spacial score (nSPS) is 11.7. The Morgan fingerprint density at radius 3 is 2.36 bits per heavy atom. The lowest BCUT2D eigenvalue weighted by Crippen LogP contribution is -2.40. The van der Waals surface area contributed by atoms with Gasteiger partial charge in [0.1, 0.15) is 5.75 Å². The third-order valence-corrected chi connectivity index (χ3v) is 4.61. The summed E-state index contributed by atoms with van der Waals surface area (Å²) in [6.07, 6.45) is 0. The number of benzene rings is 2. The van der Waals surface area contributed by atoms with Gasteiger partial charge in [0.25, 0.3) is 15.9 Å². The van der Waals surface area contributed by atoms with E-state index in [9.17, 15) is 13.2 Å². The van der Waals surface area contributed by atoms with Crippen LogP contribution in [0.4, 0.5) is 5.69 Å². The lowest BCUT2D eigenvalue weighted by Gasteiger charge is -2.20. The number of carbonyl (C=O) groups is 1. The summed E-state index contributed by atoms with van der Waals surface area (Å²) in [5.41, 5.74) is 0.189. The fourth-order valence-corrected chi connectivity index (χ4v) is 3.27. The van der Waals surface area contributed by atoms with E-state index in [1.165, 1.54) is 25.3 Å². The summed E-state index contributed by atoms with van der Waals surface area (Å²) in [5, 5.41) is 2.81. The van der Waals surface area contributed by atoms with Crippen molar-refractivity contribution in [3.05, 3.63) is 54.1 Å². The van der Waals surface area contributed by atoms with E-state index in [1.807, 2.05) is 20.8 Å². The average molecular weight is 362 g/mol. The molecule has 0 aromatic heterocycles. The smallest absolute Gasteiger partial charge is 0.262 e. The largest absolute Gasteiger partial charge is 0.495 e. The summed E-state index contributed by atoms with van der Waals surface area (Å²) in [6, 6.07) is 12.6. The molecule has 0 bridgehead atoms. The second-order valence-corrected chi connectivity index (χ2v) is 8.22. The Labute approximate surface area is 148 Å². The quantitative estimate of drug-likeness (QED) is 0.856. The molecular formula is C18H22N2O4S. The van der Waals surface area contributed by atoms with E-state index in [4.69, 9.17) is 4.74 Å². The predicted octanol–water partition coefficient (Wildman–Crippen LogP) is 3.02. The number of amides is 1. The van der Waals surface area contributed by atoms with E-state index in [0.717, 1.165) is 0 Å². The number of methoxy groups -OCH3 is 1. The molecule has 2 rings (SSSR count). The van der Waals surface area contributed by atoms with Crippen LogP contribution >= 0.6 is 0 Å². The minimum Gasteiger partial charge on any atom is -0.495 e. The summed E-state index contributed by atoms with van der Waals surface area (Å²) in [5.74, 6) is 0.0783. The number of ether oxygens (including phenoxy) is 1. The van der Waals surface area contributed by atoms with Gasteiger partial charge in [-0.25, -0.2) is 8.42 Å². The van der Waals surface area contributed by atoms with Crippen molar-refractivity contribution in [3.8, 4) is 5.75 Å². The molecule has 0 aliphatic heterocycles. The Bertz CT molecular complexity index is 871. The van der Waals surface area contributed by atoms with Gasteiger partial charge in [0.15, 0.2) is 0 Å². The number of sulfonamides is 1. The van der Waals surface area contributed by atoms with Crippen LogP contribution in [0, 0.1) is 0 Å². The fourth-order valence-electron chi connectivity index (χ4n) is 2.15. The molecule has 0 fully saturated rings. The van der Waals surface area contributed by atoms with Crippen molar-refractivity contribution in [1.82, 2.24) is 5.32 Å². The molecular weight excluding hydrogens is 340 g/mol. The summed E-state index contributed by atoms with van der Waals surface area (Å²) >= 11 is 0. The number of rotatable bonds is 5. The highest BCUT2D eigenvalue weighted by molar-refractivity contribution is 7.92. The van der Waals surface area contributed by atoms with Crippen molar-refractivity contribution in [1.29, 1.82) is 0 Å². The van der Waals surface area contributed by atoms with Gasteiger partial charge < -0.3 is 10.1 Å². The van der Waals surface area contributed by atoms with Gasteiger partial charge in [-0.15, -0.1) is 0 Å². The minimum atomic E-state index is -3.86. The van der Waals surface area contributed by atoms with Gasteiger partial charge in [0.05, 0.1) is 17.7 Å². The fraction of sp³-hybridized carbons (Fsp3) is 0.278. The molecule has 0 radical (unpaired) electrons. The number of para-hydroxylation sites is 2. The van der Waals surface area contributed by atoms with Crippen LogP contribution in [-0.4, -0.2) is 27.0 Å². The molecule has 0 saturated heterocycles. The topological polar surface area (TPSA) is 84.5 Å². The van der Waals surface area contributed by atoms with Crippen molar-refractivity contribution in [2.45, 2.75) is 31.2 Å². The van der Waals surface area contributed by atoms with Crippen molar-refractivity contribution >= 4 is 21.6 Å². The first-order chi connectivity index (χ1) is 11.6. The Morgan fingerprint density at radius 2 is 1.72 bits per heavy atom. The van der Waals surface area contributed by atoms with Crippen LogP contribution in [0.2, 0.25) is 0 Å². The van der Waals surface area contributed by atoms with Gasteiger partial charge >= 0.3 is 0 Å². The standard InChI is InChI=1S/C18H22N2O4S/c1-18(2,3)19-17(21)13-8-7-9-14(12-13)25(22,23)20-15-10-5-6-11-16(15)24-4/h5-12,20H,1-4H3,(H,19,21). The molecule has 134 valence electrons. The molecule has 0 unspecified atom stereocenters. The van der Waals surface area contributed by atoms with Crippen LogP contribution in [-0.2, 0) is 10.0 Å². The van der Waals surface area contributed by atoms with E-state index >= 15 is 0 Å². The zero-order valence-corrected chi connectivity index (χ0v) is 15.5. The first-order valence-electron chi connectivity index (χ1n) is 7.71. The molecule has 2 aromatic rings. The van der Waals surface area contributed by atoms with E-state index < -0.39 is 15.6 Å². The highest BCUT2D eigenvalue weighted by Crippen LogP contribution is 2.26. The Hall–Kier alpha value is -2.54. The maximum Gasteiger partial charge on any atom is 0.262 e. The third kappa shape index (κ3) is 4.96. The molecule has 0 saturated carbocycles. The van der Waals surface area contributed by atoms with Crippen molar-refractivity contribution < 1.29 is 17.9 Å². The molecule has 0 spiro atoms. The molecule has 25 heavy (non-hydrogen) atoms. The van der Waals surface area contributed by atoms with Gasteiger partial charge in [-0.1, -0.05) is 18.2 Å². The molecule has 0 atom stereocenters. The van der Waals surface area contributed by atoms with Gasteiger partial charge in [-0.2, -0.15) is 0 Å². The Kier molecular flexibility index (Phi) is 5.37. The van der Waals surface area contributed by atoms with Crippen LogP contribution in [0.1, 0.15) is 31.1 Å². The van der Waals surface area contributed by atoms with Crippen LogP contribution in [0.3, 0.4) is 0 Å². The lowest BCUT2D eigenvalue weighted by molar-refractivity contribution is 0.0919. The minimum absolute atomic E-state index is 0.0000321. The first-order valence-corrected chi connectivity index (χ1v) is 9.19. The zero-order valence-electron chi connectivity index (χ0n) is 14.7. The van der Waals surface area contributed by atoms with E-state index in [0.29, 0.717) is 11.4 Å². The highest BCUT2D eigenvalue weighted by Gasteiger charge is 2.20. The second-order valence-electron chi connectivity index (χ2n) is 6.54. The SMILES string of the molecule is COc1ccccc1NS(=O)(=O)c1cccc(C(=O)NC(C)(C)C)c1. The molecule has 0 aliphatic carbocycles. The molecule has 1 amide bonds. The van der Waals surface area contributed by atoms with Crippen molar-refractivity contribution in [3.63, 3.8) is 0 Å². The van der Waals surface area contributed by atoms with Crippen LogP contribution < -0.4 is 14.8 Å². The van der Waals surface area contributed by atoms with Gasteiger partial charge in [0.2, 0.25) is 0 Å². The predicted molar refractivity (Wildman–Crippen MR) is 97.5 cm³/mol. The lowest BCUT2D eigenvalue weighted by atomic mass is 10.1. The number of anilines is 1. The van der Waals surface area contributed by atoms with Gasteiger partial charge in [0, 0.05) is 11.1 Å². The van der Waals surface area contributed by atoms with E-state index in [1.54, 1.807) is 30.3 Å². The van der Waals surface area contributed by atoms with Crippen LogP contribution in [0.5, 0.6) is 5.75 Å². The molecule has 2 aromatic carbocycles. The Balaban J connectivity index is 2.31. The summed E-state index contributed by atoms with van der Waals surface area (Å²) in [4.78, 5) is 12.3. The Morgan fingerprint density at radius 1 is 1.04 bits per heavy atom. The first kappa shape index (κ1) is 18.8. The highest BCUT2D eigenvalue weighted by atomic mass is 32.2. The molecule has 7 heteroatoms. The zero-order chi connectivity index (χ0) is 18.7.